The van der Waals surface area contributed by atoms with Crippen LogP contribution in [-0.4, -0.2) is 44.8 Å². The van der Waals surface area contributed by atoms with Crippen molar-refractivity contribution in [2.75, 3.05) is 26.2 Å². The summed E-state index contributed by atoms with van der Waals surface area (Å²) in [4.78, 5) is 12.2. The molecule has 1 fully saturated rings. The number of halogens is 1. The number of nitrogens with zero attached hydrogens (tertiary/aromatic N) is 1. The Hall–Kier alpha value is -0.670. The lowest BCUT2D eigenvalue weighted by Gasteiger charge is -2.15. The Labute approximate surface area is 128 Å². The van der Waals surface area contributed by atoms with Crippen LogP contribution in [-0.2, 0) is 10.0 Å². The summed E-state index contributed by atoms with van der Waals surface area (Å²) in [7, 11) is -3.54. The summed E-state index contributed by atoms with van der Waals surface area (Å²) in [6.07, 6.45) is 1.75. The fourth-order valence-corrected chi connectivity index (χ4v) is 4.83. The molecule has 0 bridgehead atoms. The van der Waals surface area contributed by atoms with E-state index in [1.54, 1.807) is 5.38 Å². The average Bonchev–Trinajstić information content (AvgIpc) is 3.05. The van der Waals surface area contributed by atoms with E-state index in [4.69, 9.17) is 5.73 Å². The Morgan fingerprint density at radius 2 is 2.05 bits per heavy atom. The summed E-state index contributed by atoms with van der Waals surface area (Å²) >= 11 is 1.14. The molecule has 2 heterocycles. The van der Waals surface area contributed by atoms with Crippen LogP contribution < -0.4 is 11.1 Å². The normalized spacial score (nSPS) is 15.8. The summed E-state index contributed by atoms with van der Waals surface area (Å²) in [6.45, 7) is 1.72. The number of nitrogens with two attached hydrogens (primary N) is 1. The topological polar surface area (TPSA) is 92.5 Å². The number of carbonyl (C=O) groups excluding carboxylic acids is 1. The molecule has 3 N–H and O–H groups in total. The van der Waals surface area contributed by atoms with E-state index >= 15 is 0 Å². The van der Waals surface area contributed by atoms with Crippen molar-refractivity contribution in [2.45, 2.75) is 17.7 Å². The molecule has 6 nitrogen and oxygen atoms in total. The van der Waals surface area contributed by atoms with Crippen LogP contribution in [0.3, 0.4) is 0 Å². The van der Waals surface area contributed by atoms with Gasteiger partial charge in [-0.05, 0) is 24.3 Å². The van der Waals surface area contributed by atoms with Gasteiger partial charge in [0.15, 0.2) is 0 Å². The van der Waals surface area contributed by atoms with Crippen LogP contribution in [0.5, 0.6) is 0 Å². The molecule has 20 heavy (non-hydrogen) atoms. The third kappa shape index (κ3) is 3.50. The van der Waals surface area contributed by atoms with Gasteiger partial charge in [0, 0.05) is 26.2 Å². The van der Waals surface area contributed by atoms with Crippen molar-refractivity contribution < 1.29 is 13.2 Å². The molecule has 1 aliphatic heterocycles. The SMILES string of the molecule is Cl.NCCNC(=O)c1sccc1S(=O)(=O)N1CCCC1. The Bertz CT molecular complexity index is 553. The van der Waals surface area contributed by atoms with E-state index < -0.39 is 10.0 Å². The highest BCUT2D eigenvalue weighted by atomic mass is 35.5. The van der Waals surface area contributed by atoms with Gasteiger partial charge in [0.1, 0.15) is 9.77 Å². The molecule has 1 aliphatic rings. The first-order valence-electron chi connectivity index (χ1n) is 6.13. The molecule has 0 radical (unpaired) electrons. The van der Waals surface area contributed by atoms with Crippen molar-refractivity contribution in [3.05, 3.63) is 16.3 Å². The third-order valence-electron chi connectivity index (χ3n) is 2.95. The fourth-order valence-electron chi connectivity index (χ4n) is 2.00. The largest absolute Gasteiger partial charge is 0.350 e. The zero-order valence-electron chi connectivity index (χ0n) is 10.9. The number of carbonyl (C=O) groups is 1. The number of hydrogen-bond acceptors (Lipinski definition) is 5. The average molecular weight is 340 g/mol. The van der Waals surface area contributed by atoms with Gasteiger partial charge >= 0.3 is 0 Å². The zero-order valence-corrected chi connectivity index (χ0v) is 13.3. The minimum atomic E-state index is -3.54. The van der Waals surface area contributed by atoms with Crippen LogP contribution in [0, 0.1) is 0 Å². The van der Waals surface area contributed by atoms with Crippen LogP contribution in [0.2, 0.25) is 0 Å². The van der Waals surface area contributed by atoms with Crippen molar-refractivity contribution in [1.29, 1.82) is 0 Å². The quantitative estimate of drug-likeness (QED) is 0.823. The molecule has 0 aliphatic carbocycles. The van der Waals surface area contributed by atoms with Crippen molar-refractivity contribution in [3.8, 4) is 0 Å². The van der Waals surface area contributed by atoms with E-state index in [9.17, 15) is 13.2 Å². The number of nitrogens with one attached hydrogen (secondary N) is 1. The Balaban J connectivity index is 0.00000200. The maximum Gasteiger partial charge on any atom is 0.262 e. The van der Waals surface area contributed by atoms with Crippen LogP contribution in [0.1, 0.15) is 22.5 Å². The molecule has 1 aromatic rings. The van der Waals surface area contributed by atoms with E-state index in [1.807, 2.05) is 0 Å². The molecular formula is C11H18ClN3O3S2. The first kappa shape index (κ1) is 17.4. The van der Waals surface area contributed by atoms with Gasteiger partial charge in [-0.1, -0.05) is 0 Å². The lowest BCUT2D eigenvalue weighted by atomic mass is 10.4. The van der Waals surface area contributed by atoms with Crippen molar-refractivity contribution >= 4 is 39.7 Å². The van der Waals surface area contributed by atoms with Crippen LogP contribution in [0.4, 0.5) is 0 Å². The van der Waals surface area contributed by atoms with E-state index in [0.29, 0.717) is 26.2 Å². The van der Waals surface area contributed by atoms with Crippen molar-refractivity contribution in [1.82, 2.24) is 9.62 Å². The number of hydrogen-bond donors (Lipinski definition) is 2. The summed E-state index contributed by atoms with van der Waals surface area (Å²) in [5.74, 6) is -0.377. The summed E-state index contributed by atoms with van der Waals surface area (Å²) in [6, 6.07) is 1.50. The maximum atomic E-state index is 12.4. The van der Waals surface area contributed by atoms with Crippen molar-refractivity contribution in [2.24, 2.45) is 5.73 Å². The molecule has 0 aromatic carbocycles. The smallest absolute Gasteiger partial charge is 0.262 e. The monoisotopic (exact) mass is 339 g/mol. The maximum absolute atomic E-state index is 12.4. The molecule has 1 aromatic heterocycles. The number of rotatable bonds is 5. The highest BCUT2D eigenvalue weighted by Gasteiger charge is 2.31. The minimum absolute atomic E-state index is 0. The fraction of sp³-hybridized carbons (Fsp3) is 0.545. The predicted molar refractivity (Wildman–Crippen MR) is 80.9 cm³/mol. The van der Waals surface area contributed by atoms with Crippen LogP contribution >= 0.6 is 23.7 Å². The third-order valence-corrected chi connectivity index (χ3v) is 5.93. The van der Waals surface area contributed by atoms with E-state index in [1.165, 1.54) is 10.4 Å². The van der Waals surface area contributed by atoms with Crippen LogP contribution in [0.25, 0.3) is 0 Å². The summed E-state index contributed by atoms with van der Waals surface area (Å²) in [5, 5.41) is 4.23. The zero-order chi connectivity index (χ0) is 13.9. The van der Waals surface area contributed by atoms with Gasteiger partial charge in [0.25, 0.3) is 5.91 Å². The van der Waals surface area contributed by atoms with Gasteiger partial charge in [0.05, 0.1) is 0 Å². The molecular weight excluding hydrogens is 322 g/mol. The Morgan fingerprint density at radius 3 is 2.65 bits per heavy atom. The standard InChI is InChI=1S/C11H17N3O3S2.ClH/c12-4-5-13-11(15)10-9(3-8-18-10)19(16,17)14-6-1-2-7-14;/h3,8H,1-2,4-7,12H2,(H,13,15);1H. The highest BCUT2D eigenvalue weighted by Crippen LogP contribution is 2.27. The van der Waals surface area contributed by atoms with Crippen molar-refractivity contribution in [3.63, 3.8) is 0 Å². The molecule has 9 heteroatoms. The van der Waals surface area contributed by atoms with Gasteiger partial charge in [0.2, 0.25) is 10.0 Å². The molecule has 2 rings (SSSR count). The molecule has 0 atom stereocenters. The number of amides is 1. The van der Waals surface area contributed by atoms with Gasteiger partial charge in [-0.2, -0.15) is 4.31 Å². The summed E-state index contributed by atoms with van der Waals surface area (Å²) < 4.78 is 26.3. The first-order valence-corrected chi connectivity index (χ1v) is 8.45. The van der Waals surface area contributed by atoms with Gasteiger partial charge in [-0.3, -0.25) is 4.79 Å². The highest BCUT2D eigenvalue weighted by molar-refractivity contribution is 7.89. The molecule has 0 unspecified atom stereocenters. The Kier molecular flexibility index (Phi) is 6.41. The number of sulfonamides is 1. The molecule has 114 valence electrons. The van der Waals surface area contributed by atoms with Crippen LogP contribution in [0.15, 0.2) is 16.3 Å². The van der Waals surface area contributed by atoms with E-state index in [-0.39, 0.29) is 28.1 Å². The Morgan fingerprint density at radius 1 is 1.40 bits per heavy atom. The molecule has 1 amide bonds. The van der Waals surface area contributed by atoms with E-state index in [0.717, 1.165) is 24.2 Å². The lowest BCUT2D eigenvalue weighted by Crippen LogP contribution is -2.32. The summed E-state index contributed by atoms with van der Waals surface area (Å²) in [5.41, 5.74) is 5.32. The number of thiophene rings is 1. The lowest BCUT2D eigenvalue weighted by molar-refractivity contribution is 0.0955. The van der Waals surface area contributed by atoms with Gasteiger partial charge in [-0.15, -0.1) is 23.7 Å². The van der Waals surface area contributed by atoms with E-state index in [2.05, 4.69) is 5.32 Å². The minimum Gasteiger partial charge on any atom is -0.350 e. The second-order valence-corrected chi connectivity index (χ2v) is 7.09. The second-order valence-electron chi connectivity index (χ2n) is 4.27. The second kappa shape index (κ2) is 7.37. The van der Waals surface area contributed by atoms with Gasteiger partial charge in [-0.25, -0.2) is 8.42 Å². The van der Waals surface area contributed by atoms with Gasteiger partial charge < -0.3 is 11.1 Å². The molecule has 1 saturated heterocycles. The first-order chi connectivity index (χ1) is 9.07. The predicted octanol–water partition coefficient (Wildman–Crippen LogP) is 0.643. The molecule has 0 saturated carbocycles. The molecule has 0 spiro atoms.